The lowest BCUT2D eigenvalue weighted by atomic mass is 10.1. The lowest BCUT2D eigenvalue weighted by Gasteiger charge is -2.11. The number of aryl methyl sites for hydroxylation is 1. The van der Waals surface area contributed by atoms with Crippen LogP contribution < -0.4 is 0 Å². The Bertz CT molecular complexity index is 1470. The van der Waals surface area contributed by atoms with E-state index in [-0.39, 0.29) is 33.3 Å². The highest BCUT2D eigenvalue weighted by Crippen LogP contribution is 2.33. The molecule has 3 heterocycles. The van der Waals surface area contributed by atoms with E-state index in [0.717, 1.165) is 16.5 Å². The van der Waals surface area contributed by atoms with Crippen LogP contribution in [0.1, 0.15) is 12.6 Å². The number of pyridine rings is 1. The second-order valence-electron chi connectivity index (χ2n) is 7.14. The summed E-state index contributed by atoms with van der Waals surface area (Å²) in [4.78, 5) is 9.56. The van der Waals surface area contributed by atoms with Gasteiger partial charge in [-0.05, 0) is 30.0 Å². The summed E-state index contributed by atoms with van der Waals surface area (Å²) in [6.45, 7) is 1.51. The summed E-state index contributed by atoms with van der Waals surface area (Å²) in [7, 11) is -2.23. The van der Waals surface area contributed by atoms with Crippen LogP contribution in [-0.4, -0.2) is 45.2 Å². The largest absolute Gasteiger partial charge is 0.435 e. The molecule has 0 unspecified atom stereocenters. The Morgan fingerprint density at radius 1 is 1.09 bits per heavy atom. The molecule has 3 aromatic heterocycles. The molecule has 0 aliphatic heterocycles. The monoisotopic (exact) mass is 493 g/mol. The number of nitrogens with zero attached hydrogens (tertiary/aromatic N) is 5. The molecule has 0 bridgehead atoms. The zero-order chi connectivity index (χ0) is 24.0. The summed E-state index contributed by atoms with van der Waals surface area (Å²) >= 11 is 1.55. The van der Waals surface area contributed by atoms with Crippen molar-refractivity contribution in [3.8, 4) is 22.6 Å². The van der Waals surface area contributed by atoms with E-state index in [1.54, 1.807) is 11.8 Å². The molecular weight excluding hydrogens is 475 g/mol. The second kappa shape index (κ2) is 8.41. The molecule has 1 aromatic carbocycles. The summed E-state index contributed by atoms with van der Waals surface area (Å²) in [5.74, 6) is -0.104. The molecule has 12 heteroatoms. The minimum absolute atomic E-state index is 0.0377. The number of rotatable bonds is 5. The zero-order valence-corrected chi connectivity index (χ0v) is 19.4. The number of aromatic nitrogens is 5. The number of hydrogen-bond acceptors (Lipinski definition) is 7. The molecule has 0 fully saturated rings. The lowest BCUT2D eigenvalue weighted by Crippen LogP contribution is -2.10. The van der Waals surface area contributed by atoms with Crippen molar-refractivity contribution in [2.24, 2.45) is 7.05 Å². The summed E-state index contributed by atoms with van der Waals surface area (Å²) in [5.41, 5.74) is 0.261. The zero-order valence-electron chi connectivity index (χ0n) is 17.8. The van der Waals surface area contributed by atoms with E-state index in [1.165, 1.54) is 30.8 Å². The van der Waals surface area contributed by atoms with E-state index in [1.807, 2.05) is 30.5 Å². The van der Waals surface area contributed by atoms with Gasteiger partial charge in [-0.25, -0.2) is 13.4 Å². The topological polar surface area (TPSA) is 90.6 Å². The van der Waals surface area contributed by atoms with Crippen LogP contribution in [0.2, 0.25) is 0 Å². The maximum Gasteiger partial charge on any atom is 0.435 e. The number of imidazole rings is 1. The normalized spacial score (nSPS) is 12.4. The van der Waals surface area contributed by atoms with Gasteiger partial charge in [-0.15, -0.1) is 22.0 Å². The molecule has 0 saturated heterocycles. The average molecular weight is 494 g/mol. The van der Waals surface area contributed by atoms with Crippen molar-refractivity contribution in [1.29, 1.82) is 0 Å². The fraction of sp³-hybridized carbons (Fsp3) is 0.238. The van der Waals surface area contributed by atoms with E-state index >= 15 is 0 Å². The van der Waals surface area contributed by atoms with Crippen LogP contribution in [-0.2, 0) is 23.1 Å². The first-order valence-corrected chi connectivity index (χ1v) is 12.6. The van der Waals surface area contributed by atoms with Gasteiger partial charge in [0.1, 0.15) is 11.2 Å². The van der Waals surface area contributed by atoms with Crippen molar-refractivity contribution in [2.75, 3.05) is 12.0 Å². The first-order valence-electron chi connectivity index (χ1n) is 9.70. The summed E-state index contributed by atoms with van der Waals surface area (Å²) in [6.07, 6.45) is -1.22. The fourth-order valence-electron chi connectivity index (χ4n) is 3.30. The molecule has 0 N–H and O–H groups in total. The van der Waals surface area contributed by atoms with Crippen molar-refractivity contribution in [1.82, 2.24) is 24.7 Å². The van der Waals surface area contributed by atoms with Crippen molar-refractivity contribution in [2.45, 2.75) is 22.9 Å². The number of halogens is 3. The third-order valence-electron chi connectivity index (χ3n) is 5.09. The van der Waals surface area contributed by atoms with Gasteiger partial charge in [-0.2, -0.15) is 13.2 Å². The molecule has 7 nitrogen and oxygen atoms in total. The first kappa shape index (κ1) is 23.2. The maximum absolute atomic E-state index is 13.0. The summed E-state index contributed by atoms with van der Waals surface area (Å²) in [5, 5.41) is 6.87. The fourth-order valence-corrected chi connectivity index (χ4v) is 4.82. The molecule has 0 aliphatic carbocycles. The predicted octanol–water partition coefficient (Wildman–Crippen LogP) is 4.63. The molecular formula is C21H18F3N5O2S2. The highest BCUT2D eigenvalue weighted by Gasteiger charge is 2.34. The van der Waals surface area contributed by atoms with E-state index in [2.05, 4.69) is 20.2 Å². The number of alkyl halides is 3. The van der Waals surface area contributed by atoms with E-state index in [4.69, 9.17) is 0 Å². The van der Waals surface area contributed by atoms with Crippen LogP contribution in [0.5, 0.6) is 0 Å². The predicted molar refractivity (Wildman–Crippen MR) is 119 cm³/mol. The molecule has 0 amide bonds. The summed E-state index contributed by atoms with van der Waals surface area (Å²) in [6, 6.07) is 9.88. The Morgan fingerprint density at radius 3 is 2.52 bits per heavy atom. The Hall–Kier alpha value is -2.99. The van der Waals surface area contributed by atoms with Gasteiger partial charge in [0.15, 0.2) is 27.0 Å². The number of benzene rings is 1. The third-order valence-corrected chi connectivity index (χ3v) is 7.56. The highest BCUT2D eigenvalue weighted by molar-refractivity contribution is 7.98. The quantitative estimate of drug-likeness (QED) is 0.375. The lowest BCUT2D eigenvalue weighted by molar-refractivity contribution is -0.141. The van der Waals surface area contributed by atoms with Crippen molar-refractivity contribution in [3.05, 3.63) is 48.3 Å². The molecule has 172 valence electrons. The van der Waals surface area contributed by atoms with Crippen LogP contribution in [0, 0.1) is 0 Å². The van der Waals surface area contributed by atoms with Crippen molar-refractivity contribution < 1.29 is 21.6 Å². The Morgan fingerprint density at radius 2 is 1.85 bits per heavy atom. The number of sulfone groups is 1. The number of hydrogen-bond donors (Lipinski definition) is 0. The van der Waals surface area contributed by atoms with Crippen LogP contribution in [0.4, 0.5) is 13.2 Å². The Labute approximate surface area is 192 Å². The smallest absolute Gasteiger partial charge is 0.309 e. The van der Waals surface area contributed by atoms with E-state index in [0.29, 0.717) is 5.56 Å². The van der Waals surface area contributed by atoms with Gasteiger partial charge in [0.2, 0.25) is 0 Å². The van der Waals surface area contributed by atoms with Crippen molar-refractivity contribution in [3.63, 3.8) is 0 Å². The van der Waals surface area contributed by atoms with Gasteiger partial charge >= 0.3 is 6.18 Å². The van der Waals surface area contributed by atoms with Crippen LogP contribution >= 0.6 is 11.8 Å². The number of thioether (sulfide) groups is 1. The molecule has 33 heavy (non-hydrogen) atoms. The minimum Gasteiger partial charge on any atom is -0.309 e. The van der Waals surface area contributed by atoms with E-state index < -0.39 is 21.7 Å². The van der Waals surface area contributed by atoms with Crippen LogP contribution in [0.25, 0.3) is 33.8 Å². The van der Waals surface area contributed by atoms with Gasteiger partial charge in [0.25, 0.3) is 0 Å². The average Bonchev–Trinajstić information content (AvgIpc) is 3.14. The van der Waals surface area contributed by atoms with Crippen molar-refractivity contribution >= 4 is 32.8 Å². The summed E-state index contributed by atoms with van der Waals surface area (Å²) < 4.78 is 66.4. The molecule has 4 rings (SSSR count). The van der Waals surface area contributed by atoms with Gasteiger partial charge in [-0.3, -0.25) is 4.98 Å². The third kappa shape index (κ3) is 4.32. The molecule has 4 aromatic rings. The molecule has 0 saturated carbocycles. The molecule has 0 atom stereocenters. The molecule has 0 radical (unpaired) electrons. The van der Waals surface area contributed by atoms with Gasteiger partial charge in [0.05, 0.1) is 10.6 Å². The van der Waals surface area contributed by atoms with Crippen LogP contribution in [0.3, 0.4) is 0 Å². The second-order valence-corrected chi connectivity index (χ2v) is 10.3. The van der Waals surface area contributed by atoms with Gasteiger partial charge in [0, 0.05) is 29.8 Å². The van der Waals surface area contributed by atoms with Gasteiger partial charge in [-0.1, -0.05) is 19.1 Å². The highest BCUT2D eigenvalue weighted by atomic mass is 32.2. The van der Waals surface area contributed by atoms with E-state index in [9.17, 15) is 21.6 Å². The number of fused-ring (bicyclic) bond motifs is 1. The van der Waals surface area contributed by atoms with Crippen LogP contribution in [0.15, 0.2) is 52.4 Å². The van der Waals surface area contributed by atoms with Gasteiger partial charge < -0.3 is 4.57 Å². The first-order chi connectivity index (χ1) is 15.5. The Kier molecular flexibility index (Phi) is 5.91. The standard InChI is InChI=1S/C21H18F3N5O2S2/c1-4-33(30,31)16-9-13(12-6-5-7-14(8-12)32-3)11-25-18(16)20-26-15-10-17(21(22,23)24)27-28-19(15)29(20)2/h5-11H,4H2,1-3H3. The molecule has 0 aliphatic rings. The SMILES string of the molecule is CCS(=O)(=O)c1cc(-c2cccc(SC)c2)cnc1-c1nc2cc(C(F)(F)F)nnc2n1C. The maximum atomic E-state index is 13.0. The minimum atomic E-state index is -4.68. The molecule has 0 spiro atoms. The Balaban J connectivity index is 1.93.